The van der Waals surface area contributed by atoms with Crippen molar-refractivity contribution in [2.45, 2.75) is 69.2 Å². The molecule has 0 amide bonds. The molecule has 0 atom stereocenters. The highest BCUT2D eigenvalue weighted by molar-refractivity contribution is 7.89. The minimum absolute atomic E-state index is 0.252. The van der Waals surface area contributed by atoms with Gasteiger partial charge in [-0.3, -0.25) is 0 Å². The number of sulfonamides is 1. The topological polar surface area (TPSA) is 64.4 Å². The fourth-order valence-corrected chi connectivity index (χ4v) is 6.18. The Morgan fingerprint density at radius 1 is 0.958 bits per heavy atom. The summed E-state index contributed by atoms with van der Waals surface area (Å²) < 4.78 is 35.2. The highest BCUT2D eigenvalue weighted by Crippen LogP contribution is 2.45. The highest BCUT2D eigenvalue weighted by atomic mass is 32.2. The van der Waals surface area contributed by atoms with Crippen LogP contribution in [0.4, 0.5) is 0 Å². The van der Waals surface area contributed by atoms with Gasteiger partial charge in [-0.1, -0.05) is 19.3 Å². The second-order valence-corrected chi connectivity index (χ2v) is 9.46. The van der Waals surface area contributed by atoms with Gasteiger partial charge in [0.1, 0.15) is 0 Å². The van der Waals surface area contributed by atoms with Crippen LogP contribution in [0.25, 0.3) is 0 Å². The first-order chi connectivity index (χ1) is 11.6. The van der Waals surface area contributed by atoms with Gasteiger partial charge >= 0.3 is 0 Å². The zero-order valence-electron chi connectivity index (χ0n) is 14.2. The Morgan fingerprint density at radius 3 is 2.58 bits per heavy atom. The van der Waals surface area contributed by atoms with Gasteiger partial charge in [0.05, 0.1) is 12.8 Å². The summed E-state index contributed by atoms with van der Waals surface area (Å²) in [7, 11) is -3.51. The van der Waals surface area contributed by atoms with Crippen molar-refractivity contribution in [2.24, 2.45) is 5.41 Å². The van der Waals surface area contributed by atoms with Crippen molar-refractivity contribution in [3.63, 3.8) is 0 Å². The van der Waals surface area contributed by atoms with Gasteiger partial charge in [-0.2, -0.15) is 9.40 Å². The number of aryl methyl sites for hydroxylation is 1. The fourth-order valence-electron chi connectivity index (χ4n) is 4.63. The van der Waals surface area contributed by atoms with Gasteiger partial charge in [0, 0.05) is 26.1 Å². The first-order valence-corrected chi connectivity index (χ1v) is 10.7. The SMILES string of the molecule is O=S(=O)(c1cnn2c1OCCC2)N1CCCC2(CCCCC2)CC1. The van der Waals surface area contributed by atoms with Crippen LogP contribution in [0.15, 0.2) is 11.1 Å². The van der Waals surface area contributed by atoms with Gasteiger partial charge in [0.15, 0.2) is 4.90 Å². The van der Waals surface area contributed by atoms with E-state index in [0.29, 0.717) is 31.0 Å². The average molecular weight is 353 g/mol. The Kier molecular flexibility index (Phi) is 4.33. The van der Waals surface area contributed by atoms with Gasteiger partial charge in [-0.25, -0.2) is 13.1 Å². The molecule has 2 fully saturated rings. The third kappa shape index (κ3) is 2.86. The molecule has 4 rings (SSSR count). The minimum Gasteiger partial charge on any atom is -0.477 e. The largest absolute Gasteiger partial charge is 0.477 e. The van der Waals surface area contributed by atoms with E-state index >= 15 is 0 Å². The molecule has 0 bridgehead atoms. The maximum absolute atomic E-state index is 13.1. The summed E-state index contributed by atoms with van der Waals surface area (Å²) in [5, 5.41) is 4.21. The van der Waals surface area contributed by atoms with E-state index in [1.54, 1.807) is 8.99 Å². The summed E-state index contributed by atoms with van der Waals surface area (Å²) in [4.78, 5) is 0.252. The van der Waals surface area contributed by atoms with E-state index in [1.807, 2.05) is 0 Å². The van der Waals surface area contributed by atoms with Gasteiger partial charge in [-0.05, 0) is 37.5 Å². The van der Waals surface area contributed by atoms with E-state index in [1.165, 1.54) is 44.7 Å². The van der Waals surface area contributed by atoms with E-state index in [-0.39, 0.29) is 4.90 Å². The summed E-state index contributed by atoms with van der Waals surface area (Å²) in [5.41, 5.74) is 0.386. The summed E-state index contributed by atoms with van der Waals surface area (Å²) in [6, 6.07) is 0. The second-order valence-electron chi connectivity index (χ2n) is 7.56. The van der Waals surface area contributed by atoms with Gasteiger partial charge in [0.2, 0.25) is 15.9 Å². The van der Waals surface area contributed by atoms with Crippen molar-refractivity contribution >= 4 is 10.0 Å². The Labute approximate surface area is 144 Å². The van der Waals surface area contributed by atoms with Crippen molar-refractivity contribution in [2.75, 3.05) is 19.7 Å². The van der Waals surface area contributed by atoms with Crippen molar-refractivity contribution < 1.29 is 13.2 Å². The third-order valence-electron chi connectivity index (χ3n) is 6.05. The molecule has 0 radical (unpaired) electrons. The molecule has 1 aliphatic carbocycles. The molecule has 3 aliphatic rings. The molecule has 1 saturated heterocycles. The standard InChI is InChI=1S/C17H27N3O3S/c21-24(22,15-14-18-20-11-5-13-23-16(15)20)19-10-4-8-17(9-12-19)6-2-1-3-7-17/h14H,1-13H2. The summed E-state index contributed by atoms with van der Waals surface area (Å²) in [6.07, 6.45) is 12.0. The van der Waals surface area contributed by atoms with Crippen LogP contribution in [0.1, 0.15) is 57.8 Å². The normalized spacial score (nSPS) is 25.0. The summed E-state index contributed by atoms with van der Waals surface area (Å²) >= 11 is 0. The van der Waals surface area contributed by atoms with E-state index in [9.17, 15) is 8.42 Å². The van der Waals surface area contributed by atoms with E-state index in [4.69, 9.17) is 4.74 Å². The molecule has 2 aliphatic heterocycles. The number of hydrogen-bond donors (Lipinski definition) is 0. The Morgan fingerprint density at radius 2 is 1.75 bits per heavy atom. The van der Waals surface area contributed by atoms with E-state index in [2.05, 4.69) is 5.10 Å². The maximum atomic E-state index is 13.1. The van der Waals surface area contributed by atoms with Crippen molar-refractivity contribution in [3.8, 4) is 5.88 Å². The predicted molar refractivity (Wildman–Crippen MR) is 90.5 cm³/mol. The summed E-state index contributed by atoms with van der Waals surface area (Å²) in [6.45, 7) is 2.55. The zero-order chi connectivity index (χ0) is 16.6. The van der Waals surface area contributed by atoms with E-state index < -0.39 is 10.0 Å². The molecule has 3 heterocycles. The molecule has 0 unspecified atom stereocenters. The number of ether oxygens (including phenoxy) is 1. The quantitative estimate of drug-likeness (QED) is 0.820. The molecule has 0 N–H and O–H groups in total. The van der Waals surface area contributed by atoms with Crippen LogP contribution in [0.5, 0.6) is 5.88 Å². The van der Waals surface area contributed by atoms with Gasteiger partial charge in [0.25, 0.3) is 0 Å². The molecular weight excluding hydrogens is 326 g/mol. The lowest BCUT2D eigenvalue weighted by Gasteiger charge is -2.36. The van der Waals surface area contributed by atoms with Crippen molar-refractivity contribution in [1.82, 2.24) is 14.1 Å². The second kappa shape index (κ2) is 6.33. The smallest absolute Gasteiger partial charge is 0.250 e. The molecule has 0 aromatic carbocycles. The molecule has 24 heavy (non-hydrogen) atoms. The number of fused-ring (bicyclic) bond motifs is 1. The minimum atomic E-state index is -3.51. The fraction of sp³-hybridized carbons (Fsp3) is 0.824. The Bertz CT molecular complexity index is 692. The molecular formula is C17H27N3O3S. The van der Waals surface area contributed by atoms with Crippen LogP contribution in [-0.4, -0.2) is 42.2 Å². The molecule has 1 spiro atoms. The molecule has 134 valence electrons. The Hall–Kier alpha value is -1.08. The average Bonchev–Trinajstić information content (AvgIpc) is 2.93. The third-order valence-corrected chi connectivity index (χ3v) is 7.93. The van der Waals surface area contributed by atoms with Gasteiger partial charge < -0.3 is 4.74 Å². The van der Waals surface area contributed by atoms with E-state index in [0.717, 1.165) is 25.8 Å². The Balaban J connectivity index is 1.55. The predicted octanol–water partition coefficient (Wildman–Crippen LogP) is 2.79. The molecule has 6 nitrogen and oxygen atoms in total. The maximum Gasteiger partial charge on any atom is 0.250 e. The lowest BCUT2D eigenvalue weighted by molar-refractivity contribution is 0.163. The molecule has 1 aromatic heterocycles. The number of hydrogen-bond acceptors (Lipinski definition) is 4. The van der Waals surface area contributed by atoms with Crippen LogP contribution in [0.2, 0.25) is 0 Å². The number of aromatic nitrogens is 2. The van der Waals surface area contributed by atoms with Crippen molar-refractivity contribution in [1.29, 1.82) is 0 Å². The summed E-state index contributed by atoms with van der Waals surface area (Å²) in [5.74, 6) is 0.429. The molecule has 1 saturated carbocycles. The van der Waals surface area contributed by atoms with Crippen LogP contribution >= 0.6 is 0 Å². The van der Waals surface area contributed by atoms with Crippen molar-refractivity contribution in [3.05, 3.63) is 6.20 Å². The number of rotatable bonds is 2. The van der Waals surface area contributed by atoms with Gasteiger partial charge in [-0.15, -0.1) is 0 Å². The first kappa shape index (κ1) is 16.4. The number of nitrogens with zero attached hydrogens (tertiary/aromatic N) is 3. The lowest BCUT2D eigenvalue weighted by Crippen LogP contribution is -2.33. The first-order valence-electron chi connectivity index (χ1n) is 9.30. The monoisotopic (exact) mass is 353 g/mol. The van der Waals surface area contributed by atoms with Crippen LogP contribution < -0.4 is 4.74 Å². The van der Waals surface area contributed by atoms with Crippen LogP contribution in [0.3, 0.4) is 0 Å². The highest BCUT2D eigenvalue weighted by Gasteiger charge is 2.38. The zero-order valence-corrected chi connectivity index (χ0v) is 15.1. The van der Waals surface area contributed by atoms with Crippen LogP contribution in [0, 0.1) is 5.41 Å². The molecule has 1 aromatic rings. The van der Waals surface area contributed by atoms with Crippen LogP contribution in [-0.2, 0) is 16.6 Å². The molecule has 7 heteroatoms. The lowest BCUT2D eigenvalue weighted by atomic mass is 9.69.